The number of rotatable bonds is 3. The maximum absolute atomic E-state index is 11.7. The summed E-state index contributed by atoms with van der Waals surface area (Å²) in [6.07, 6.45) is 0. The Hall–Kier alpha value is -1.39. The predicted octanol–water partition coefficient (Wildman–Crippen LogP) is 1.27. The summed E-state index contributed by atoms with van der Waals surface area (Å²) in [5.41, 5.74) is 1.71. The molecule has 2 rings (SSSR count). The van der Waals surface area contributed by atoms with Crippen molar-refractivity contribution in [1.29, 1.82) is 0 Å². The summed E-state index contributed by atoms with van der Waals surface area (Å²) in [6, 6.07) is 8.17. The molecular weight excluding hydrogens is 228 g/mol. The van der Waals surface area contributed by atoms with Crippen molar-refractivity contribution < 1.29 is 9.53 Å². The summed E-state index contributed by atoms with van der Waals surface area (Å²) in [5.74, 6) is -0.256. The summed E-state index contributed by atoms with van der Waals surface area (Å²) in [6.45, 7) is 6.01. The van der Waals surface area contributed by atoms with Gasteiger partial charge in [-0.1, -0.05) is 18.2 Å². The first-order chi connectivity index (χ1) is 8.70. The molecule has 0 aliphatic carbocycles. The molecule has 0 aromatic heterocycles. The van der Waals surface area contributed by atoms with Crippen molar-refractivity contribution in [3.05, 3.63) is 35.4 Å². The van der Waals surface area contributed by atoms with Gasteiger partial charge in [0.05, 0.1) is 12.7 Å². The van der Waals surface area contributed by atoms with Crippen molar-refractivity contribution in [2.45, 2.75) is 19.5 Å². The molecule has 1 unspecified atom stereocenters. The topological polar surface area (TPSA) is 41.6 Å². The fourth-order valence-corrected chi connectivity index (χ4v) is 2.36. The highest BCUT2D eigenvalue weighted by atomic mass is 16.5. The Morgan fingerprint density at radius 1 is 1.50 bits per heavy atom. The second-order valence-electron chi connectivity index (χ2n) is 4.74. The second kappa shape index (κ2) is 5.98. The highest BCUT2D eigenvalue weighted by molar-refractivity contribution is 5.90. The highest BCUT2D eigenvalue weighted by Gasteiger charge is 2.18. The molecule has 1 aromatic carbocycles. The van der Waals surface area contributed by atoms with Gasteiger partial charge in [-0.05, 0) is 18.6 Å². The molecule has 0 radical (unpaired) electrons. The number of esters is 1. The van der Waals surface area contributed by atoms with Gasteiger partial charge in [0.1, 0.15) is 0 Å². The number of nitrogens with zero attached hydrogens (tertiary/aromatic N) is 1. The Morgan fingerprint density at radius 2 is 2.28 bits per heavy atom. The van der Waals surface area contributed by atoms with E-state index in [4.69, 9.17) is 4.74 Å². The van der Waals surface area contributed by atoms with Crippen LogP contribution in [0.3, 0.4) is 0 Å². The quantitative estimate of drug-likeness (QED) is 0.818. The lowest BCUT2D eigenvalue weighted by atomic mass is 10.1. The fraction of sp³-hybridized carbons (Fsp3) is 0.500. The number of ether oxygens (including phenoxy) is 1. The lowest BCUT2D eigenvalue weighted by molar-refractivity contribution is 0.0598. The van der Waals surface area contributed by atoms with E-state index in [0.717, 1.165) is 31.7 Å². The minimum atomic E-state index is -0.256. The Morgan fingerprint density at radius 3 is 3.00 bits per heavy atom. The molecule has 98 valence electrons. The van der Waals surface area contributed by atoms with Crippen LogP contribution in [0.5, 0.6) is 0 Å². The fourth-order valence-electron chi connectivity index (χ4n) is 2.36. The molecule has 1 atom stereocenters. The minimum absolute atomic E-state index is 0.256. The van der Waals surface area contributed by atoms with Crippen LogP contribution in [0, 0.1) is 0 Å². The van der Waals surface area contributed by atoms with Crippen LogP contribution in [-0.4, -0.2) is 43.7 Å². The van der Waals surface area contributed by atoms with Gasteiger partial charge in [0.25, 0.3) is 0 Å². The van der Waals surface area contributed by atoms with Crippen LogP contribution in [0.2, 0.25) is 0 Å². The normalized spacial score (nSPS) is 20.7. The van der Waals surface area contributed by atoms with E-state index in [9.17, 15) is 4.79 Å². The summed E-state index contributed by atoms with van der Waals surface area (Å²) < 4.78 is 4.82. The van der Waals surface area contributed by atoms with Gasteiger partial charge >= 0.3 is 5.97 Å². The van der Waals surface area contributed by atoms with Crippen LogP contribution in [0.1, 0.15) is 22.8 Å². The number of carbonyl (C=O) groups excluding carboxylic acids is 1. The Balaban J connectivity index is 2.10. The number of hydrogen-bond donors (Lipinski definition) is 1. The van der Waals surface area contributed by atoms with Crippen LogP contribution in [0.4, 0.5) is 0 Å². The van der Waals surface area contributed by atoms with Gasteiger partial charge < -0.3 is 10.1 Å². The van der Waals surface area contributed by atoms with E-state index in [0.29, 0.717) is 11.6 Å². The van der Waals surface area contributed by atoms with Crippen molar-refractivity contribution in [2.24, 2.45) is 0 Å². The number of methoxy groups -OCH3 is 1. The first-order valence-electron chi connectivity index (χ1n) is 6.32. The first kappa shape index (κ1) is 13.1. The third-order valence-electron chi connectivity index (χ3n) is 3.27. The molecule has 0 spiro atoms. The van der Waals surface area contributed by atoms with Crippen LogP contribution < -0.4 is 5.32 Å². The molecule has 1 aromatic rings. The molecule has 18 heavy (non-hydrogen) atoms. The Bertz CT molecular complexity index is 420. The molecule has 1 heterocycles. The average Bonchev–Trinajstić information content (AvgIpc) is 2.38. The molecule has 0 amide bonds. The zero-order valence-electron chi connectivity index (χ0n) is 11.0. The van der Waals surface area contributed by atoms with E-state index in [1.165, 1.54) is 7.11 Å². The SMILES string of the molecule is COC(=O)c1ccccc1CN1CCNC(C)C1. The van der Waals surface area contributed by atoms with E-state index in [1.54, 1.807) is 0 Å². The van der Waals surface area contributed by atoms with Crippen molar-refractivity contribution in [2.75, 3.05) is 26.7 Å². The highest BCUT2D eigenvalue weighted by Crippen LogP contribution is 2.14. The lowest BCUT2D eigenvalue weighted by Crippen LogP contribution is -2.48. The number of benzene rings is 1. The molecule has 4 heteroatoms. The monoisotopic (exact) mass is 248 g/mol. The molecule has 0 saturated carbocycles. The third-order valence-corrected chi connectivity index (χ3v) is 3.27. The number of piperazine rings is 1. The zero-order valence-corrected chi connectivity index (χ0v) is 11.0. The van der Waals surface area contributed by atoms with E-state index < -0.39 is 0 Å². The van der Waals surface area contributed by atoms with Crippen molar-refractivity contribution in [1.82, 2.24) is 10.2 Å². The van der Waals surface area contributed by atoms with Crippen molar-refractivity contribution in [3.8, 4) is 0 Å². The van der Waals surface area contributed by atoms with Crippen molar-refractivity contribution in [3.63, 3.8) is 0 Å². The van der Waals surface area contributed by atoms with E-state index >= 15 is 0 Å². The van der Waals surface area contributed by atoms with Gasteiger partial charge in [0, 0.05) is 32.2 Å². The van der Waals surface area contributed by atoms with E-state index in [2.05, 4.69) is 17.1 Å². The maximum Gasteiger partial charge on any atom is 0.338 e. The van der Waals surface area contributed by atoms with E-state index in [1.807, 2.05) is 24.3 Å². The van der Waals surface area contributed by atoms with Gasteiger partial charge in [-0.15, -0.1) is 0 Å². The van der Waals surface area contributed by atoms with E-state index in [-0.39, 0.29) is 5.97 Å². The average molecular weight is 248 g/mol. The molecule has 1 fully saturated rings. The molecule has 1 N–H and O–H groups in total. The number of nitrogens with one attached hydrogen (secondary N) is 1. The molecule has 1 saturated heterocycles. The van der Waals surface area contributed by atoms with Crippen LogP contribution in [0.15, 0.2) is 24.3 Å². The van der Waals surface area contributed by atoms with Crippen LogP contribution in [-0.2, 0) is 11.3 Å². The summed E-state index contributed by atoms with van der Waals surface area (Å²) >= 11 is 0. The van der Waals surface area contributed by atoms with Crippen LogP contribution >= 0.6 is 0 Å². The van der Waals surface area contributed by atoms with Gasteiger partial charge in [0.2, 0.25) is 0 Å². The minimum Gasteiger partial charge on any atom is -0.465 e. The smallest absolute Gasteiger partial charge is 0.338 e. The summed E-state index contributed by atoms with van der Waals surface area (Å²) in [4.78, 5) is 14.1. The number of carbonyl (C=O) groups is 1. The van der Waals surface area contributed by atoms with Gasteiger partial charge in [-0.2, -0.15) is 0 Å². The molecular formula is C14H20N2O2. The van der Waals surface area contributed by atoms with Crippen LogP contribution in [0.25, 0.3) is 0 Å². The van der Waals surface area contributed by atoms with Gasteiger partial charge in [0.15, 0.2) is 0 Å². The summed E-state index contributed by atoms with van der Waals surface area (Å²) in [7, 11) is 1.42. The van der Waals surface area contributed by atoms with Gasteiger partial charge in [-0.3, -0.25) is 4.90 Å². The molecule has 1 aliphatic heterocycles. The Labute approximate surface area is 108 Å². The maximum atomic E-state index is 11.7. The first-order valence-corrected chi connectivity index (χ1v) is 6.32. The largest absolute Gasteiger partial charge is 0.465 e. The van der Waals surface area contributed by atoms with Gasteiger partial charge in [-0.25, -0.2) is 4.79 Å². The lowest BCUT2D eigenvalue weighted by Gasteiger charge is -2.32. The predicted molar refractivity (Wildman–Crippen MR) is 70.5 cm³/mol. The molecule has 1 aliphatic rings. The molecule has 0 bridgehead atoms. The summed E-state index contributed by atoms with van der Waals surface area (Å²) in [5, 5.41) is 3.41. The molecule has 4 nitrogen and oxygen atoms in total. The third kappa shape index (κ3) is 3.09. The zero-order chi connectivity index (χ0) is 13.0. The van der Waals surface area contributed by atoms with Crippen molar-refractivity contribution >= 4 is 5.97 Å². The Kier molecular flexibility index (Phi) is 4.33. The standard InChI is InChI=1S/C14H20N2O2/c1-11-9-16(8-7-15-11)10-12-5-3-4-6-13(12)14(17)18-2/h3-6,11,15H,7-10H2,1-2H3. The number of hydrogen-bond acceptors (Lipinski definition) is 4. The second-order valence-corrected chi connectivity index (χ2v) is 4.74.